The lowest BCUT2D eigenvalue weighted by molar-refractivity contribution is -0.119. The summed E-state index contributed by atoms with van der Waals surface area (Å²) in [7, 11) is 1.64. The highest BCUT2D eigenvalue weighted by Crippen LogP contribution is 2.21. The first-order chi connectivity index (χ1) is 11.1. The Labute approximate surface area is 146 Å². The van der Waals surface area contributed by atoms with Crippen molar-refractivity contribution in [3.05, 3.63) is 64.7 Å². The Balaban J connectivity index is 1.78. The molecule has 0 saturated carbocycles. The van der Waals surface area contributed by atoms with E-state index in [9.17, 15) is 4.79 Å². The second kappa shape index (κ2) is 8.85. The molecule has 1 N–H and O–H groups in total. The number of amides is 1. The van der Waals surface area contributed by atoms with Crippen LogP contribution in [0.15, 0.2) is 48.5 Å². The van der Waals surface area contributed by atoms with Crippen molar-refractivity contribution in [3.63, 3.8) is 0 Å². The standard InChI is InChI=1S/C18H20ClNO2S/c1-13(14-7-9-16(22-2)10-8-14)20-18(21)12-23-11-15-5-3-4-6-17(15)19/h3-10,13H,11-12H2,1-2H3,(H,20,21). The minimum Gasteiger partial charge on any atom is -0.497 e. The Kier molecular flexibility index (Phi) is 6.81. The molecule has 0 aliphatic heterocycles. The molecule has 0 aliphatic rings. The smallest absolute Gasteiger partial charge is 0.230 e. The van der Waals surface area contributed by atoms with Gasteiger partial charge in [-0.05, 0) is 36.2 Å². The van der Waals surface area contributed by atoms with Crippen molar-refractivity contribution in [2.75, 3.05) is 12.9 Å². The van der Waals surface area contributed by atoms with Crippen molar-refractivity contribution < 1.29 is 9.53 Å². The summed E-state index contributed by atoms with van der Waals surface area (Å²) < 4.78 is 5.13. The maximum Gasteiger partial charge on any atom is 0.230 e. The third-order valence-corrected chi connectivity index (χ3v) is 4.79. The molecule has 0 heterocycles. The summed E-state index contributed by atoms with van der Waals surface area (Å²) in [5.74, 6) is 1.96. The SMILES string of the molecule is COc1ccc(C(C)NC(=O)CSCc2ccccc2Cl)cc1. The molecule has 2 rings (SSSR count). The molecule has 0 saturated heterocycles. The largest absolute Gasteiger partial charge is 0.497 e. The lowest BCUT2D eigenvalue weighted by atomic mass is 10.1. The first-order valence-electron chi connectivity index (χ1n) is 7.34. The van der Waals surface area contributed by atoms with Crippen LogP contribution in [0.1, 0.15) is 24.1 Å². The number of hydrogen-bond acceptors (Lipinski definition) is 3. The van der Waals surface area contributed by atoms with Crippen LogP contribution in [0.3, 0.4) is 0 Å². The predicted molar refractivity (Wildman–Crippen MR) is 97.2 cm³/mol. The molecule has 3 nitrogen and oxygen atoms in total. The Bertz CT molecular complexity index is 646. The van der Waals surface area contributed by atoms with Crippen LogP contribution in [0.4, 0.5) is 0 Å². The number of halogens is 1. The summed E-state index contributed by atoms with van der Waals surface area (Å²) in [6.45, 7) is 1.97. The second-order valence-electron chi connectivity index (χ2n) is 5.15. The van der Waals surface area contributed by atoms with Gasteiger partial charge in [0.05, 0.1) is 18.9 Å². The molecule has 5 heteroatoms. The highest BCUT2D eigenvalue weighted by Gasteiger charge is 2.10. The van der Waals surface area contributed by atoms with Gasteiger partial charge in [-0.2, -0.15) is 0 Å². The molecule has 0 aliphatic carbocycles. The zero-order valence-electron chi connectivity index (χ0n) is 13.2. The van der Waals surface area contributed by atoms with Gasteiger partial charge in [-0.15, -0.1) is 11.8 Å². The molecule has 1 atom stereocenters. The van der Waals surface area contributed by atoms with E-state index < -0.39 is 0 Å². The topological polar surface area (TPSA) is 38.3 Å². The van der Waals surface area contributed by atoms with Crippen LogP contribution in [0.5, 0.6) is 5.75 Å². The van der Waals surface area contributed by atoms with Gasteiger partial charge in [0, 0.05) is 10.8 Å². The number of methoxy groups -OCH3 is 1. The third-order valence-electron chi connectivity index (χ3n) is 3.44. The second-order valence-corrected chi connectivity index (χ2v) is 6.54. The van der Waals surface area contributed by atoms with Crippen molar-refractivity contribution in [3.8, 4) is 5.75 Å². The van der Waals surface area contributed by atoms with Gasteiger partial charge in [-0.25, -0.2) is 0 Å². The Morgan fingerprint density at radius 1 is 1.22 bits per heavy atom. The highest BCUT2D eigenvalue weighted by molar-refractivity contribution is 7.99. The maximum absolute atomic E-state index is 12.0. The van der Waals surface area contributed by atoms with E-state index in [1.165, 1.54) is 0 Å². The summed E-state index contributed by atoms with van der Waals surface area (Å²) in [6.07, 6.45) is 0. The van der Waals surface area contributed by atoms with Crippen LogP contribution in [0.2, 0.25) is 5.02 Å². The third kappa shape index (κ3) is 5.48. The van der Waals surface area contributed by atoms with Gasteiger partial charge in [-0.3, -0.25) is 4.79 Å². The van der Waals surface area contributed by atoms with Gasteiger partial charge in [-0.1, -0.05) is 41.9 Å². The maximum atomic E-state index is 12.0. The molecule has 23 heavy (non-hydrogen) atoms. The fourth-order valence-corrected chi connectivity index (χ4v) is 3.25. The number of benzene rings is 2. The highest BCUT2D eigenvalue weighted by atomic mass is 35.5. The molecule has 0 bridgehead atoms. The summed E-state index contributed by atoms with van der Waals surface area (Å²) in [5.41, 5.74) is 2.10. The summed E-state index contributed by atoms with van der Waals surface area (Å²) in [6, 6.07) is 15.4. The van der Waals surface area contributed by atoms with Gasteiger partial charge in [0.2, 0.25) is 5.91 Å². The molecule has 0 fully saturated rings. The molecule has 0 radical (unpaired) electrons. The van der Waals surface area contributed by atoms with Gasteiger partial charge in [0.25, 0.3) is 0 Å². The van der Waals surface area contributed by atoms with E-state index >= 15 is 0 Å². The van der Waals surface area contributed by atoms with Crippen LogP contribution in [-0.2, 0) is 10.5 Å². The lowest BCUT2D eigenvalue weighted by Crippen LogP contribution is -2.28. The van der Waals surface area contributed by atoms with Gasteiger partial charge in [0.1, 0.15) is 5.75 Å². The molecular weight excluding hydrogens is 330 g/mol. The van der Waals surface area contributed by atoms with E-state index in [1.807, 2.05) is 55.5 Å². The molecular formula is C18H20ClNO2S. The van der Waals surface area contributed by atoms with E-state index in [1.54, 1.807) is 18.9 Å². The average molecular weight is 350 g/mol. The Hall–Kier alpha value is -1.65. The molecule has 2 aromatic carbocycles. The van der Waals surface area contributed by atoms with Crippen LogP contribution in [0, 0.1) is 0 Å². The number of carbonyl (C=O) groups is 1. The van der Waals surface area contributed by atoms with Crippen LogP contribution in [-0.4, -0.2) is 18.8 Å². The van der Waals surface area contributed by atoms with Gasteiger partial charge < -0.3 is 10.1 Å². The Morgan fingerprint density at radius 3 is 2.57 bits per heavy atom. The minimum atomic E-state index is -0.0330. The first kappa shape index (κ1) is 17.7. The van der Waals surface area contributed by atoms with Crippen molar-refractivity contribution in [2.45, 2.75) is 18.7 Å². The summed E-state index contributed by atoms with van der Waals surface area (Å²) >= 11 is 7.66. The van der Waals surface area contributed by atoms with Crippen LogP contribution < -0.4 is 10.1 Å². The van der Waals surface area contributed by atoms with Gasteiger partial charge >= 0.3 is 0 Å². The zero-order valence-corrected chi connectivity index (χ0v) is 14.8. The van der Waals surface area contributed by atoms with E-state index in [0.717, 1.165) is 27.7 Å². The molecule has 1 unspecified atom stereocenters. The first-order valence-corrected chi connectivity index (χ1v) is 8.88. The molecule has 0 aromatic heterocycles. The zero-order chi connectivity index (χ0) is 16.7. The quantitative estimate of drug-likeness (QED) is 0.802. The minimum absolute atomic E-state index is 0.0189. The fraction of sp³-hybridized carbons (Fsp3) is 0.278. The number of carbonyl (C=O) groups excluding carboxylic acids is 1. The molecule has 1 amide bonds. The van der Waals surface area contributed by atoms with E-state index in [2.05, 4.69) is 5.32 Å². The van der Waals surface area contributed by atoms with Crippen LogP contribution in [0.25, 0.3) is 0 Å². The summed E-state index contributed by atoms with van der Waals surface area (Å²) in [4.78, 5) is 12.0. The van der Waals surface area contributed by atoms with Crippen molar-refractivity contribution >= 4 is 29.3 Å². The average Bonchev–Trinajstić information content (AvgIpc) is 2.56. The number of rotatable bonds is 7. The lowest BCUT2D eigenvalue weighted by Gasteiger charge is -2.14. The Morgan fingerprint density at radius 2 is 1.91 bits per heavy atom. The van der Waals surface area contributed by atoms with Crippen molar-refractivity contribution in [1.82, 2.24) is 5.32 Å². The van der Waals surface area contributed by atoms with E-state index in [4.69, 9.17) is 16.3 Å². The van der Waals surface area contributed by atoms with Crippen molar-refractivity contribution in [2.24, 2.45) is 0 Å². The van der Waals surface area contributed by atoms with Crippen molar-refractivity contribution in [1.29, 1.82) is 0 Å². The van der Waals surface area contributed by atoms with E-state index in [-0.39, 0.29) is 11.9 Å². The number of ether oxygens (including phenoxy) is 1. The molecule has 0 spiro atoms. The number of hydrogen-bond donors (Lipinski definition) is 1. The summed E-state index contributed by atoms with van der Waals surface area (Å²) in [5, 5.41) is 3.74. The van der Waals surface area contributed by atoms with Gasteiger partial charge in [0.15, 0.2) is 0 Å². The number of thioether (sulfide) groups is 1. The van der Waals surface area contributed by atoms with E-state index in [0.29, 0.717) is 5.75 Å². The monoisotopic (exact) mass is 349 g/mol. The molecule has 122 valence electrons. The fourth-order valence-electron chi connectivity index (χ4n) is 2.13. The van der Waals surface area contributed by atoms with Crippen LogP contribution >= 0.6 is 23.4 Å². The number of nitrogens with one attached hydrogen (secondary N) is 1. The predicted octanol–water partition coefficient (Wildman–Crippen LogP) is 4.46. The normalized spacial score (nSPS) is 11.8. The molecule has 2 aromatic rings.